The van der Waals surface area contributed by atoms with E-state index < -0.39 is 4.92 Å². The van der Waals surface area contributed by atoms with Crippen LogP contribution in [0, 0.1) is 10.1 Å². The van der Waals surface area contributed by atoms with Gasteiger partial charge in [-0.05, 0) is 22.0 Å². The third-order valence-corrected chi connectivity index (χ3v) is 2.56. The molecule has 5 nitrogen and oxygen atoms in total. The Morgan fingerprint density at radius 2 is 2.36 bits per heavy atom. The SMILES string of the molecule is O=[N+]([O-])c1cnc2[nH]c(Br)cc2c1Cl. The molecule has 0 aliphatic heterocycles. The first-order valence-corrected chi connectivity index (χ1v) is 4.74. The summed E-state index contributed by atoms with van der Waals surface area (Å²) in [6, 6.07) is 1.65. The Kier molecular flexibility index (Phi) is 2.16. The van der Waals surface area contributed by atoms with E-state index >= 15 is 0 Å². The van der Waals surface area contributed by atoms with Gasteiger partial charge in [0.1, 0.15) is 16.9 Å². The van der Waals surface area contributed by atoms with Gasteiger partial charge in [0.05, 0.1) is 9.53 Å². The van der Waals surface area contributed by atoms with Crippen molar-refractivity contribution in [2.75, 3.05) is 0 Å². The fourth-order valence-corrected chi connectivity index (χ4v) is 1.81. The molecule has 72 valence electrons. The predicted octanol–water partition coefficient (Wildman–Crippen LogP) is 2.89. The fourth-order valence-electron chi connectivity index (χ4n) is 1.13. The lowest BCUT2D eigenvalue weighted by Gasteiger charge is -1.94. The molecule has 0 atom stereocenters. The minimum atomic E-state index is -0.560. The van der Waals surface area contributed by atoms with E-state index in [-0.39, 0.29) is 10.7 Å². The summed E-state index contributed by atoms with van der Waals surface area (Å²) in [5, 5.41) is 11.2. The molecule has 2 heterocycles. The normalized spacial score (nSPS) is 10.7. The molecular weight excluding hydrogens is 273 g/mol. The van der Waals surface area contributed by atoms with E-state index in [1.807, 2.05) is 0 Å². The summed E-state index contributed by atoms with van der Waals surface area (Å²) < 4.78 is 0.683. The molecule has 2 aromatic heterocycles. The Balaban J connectivity index is 2.80. The Hall–Kier alpha value is -1.14. The lowest BCUT2D eigenvalue weighted by Crippen LogP contribution is -1.90. The van der Waals surface area contributed by atoms with Crippen molar-refractivity contribution in [1.82, 2.24) is 9.97 Å². The van der Waals surface area contributed by atoms with Crippen LogP contribution in [0.3, 0.4) is 0 Å². The van der Waals surface area contributed by atoms with Gasteiger partial charge in [-0.2, -0.15) is 0 Å². The molecule has 0 saturated carbocycles. The van der Waals surface area contributed by atoms with Crippen LogP contribution in [0.25, 0.3) is 11.0 Å². The zero-order valence-electron chi connectivity index (χ0n) is 6.62. The Morgan fingerprint density at radius 1 is 1.64 bits per heavy atom. The van der Waals surface area contributed by atoms with Crippen LogP contribution in [0.5, 0.6) is 0 Å². The van der Waals surface area contributed by atoms with Gasteiger partial charge in [0.2, 0.25) is 0 Å². The van der Waals surface area contributed by atoms with Crippen LogP contribution in [0.4, 0.5) is 5.69 Å². The van der Waals surface area contributed by atoms with Crippen molar-refractivity contribution in [1.29, 1.82) is 0 Å². The van der Waals surface area contributed by atoms with Gasteiger partial charge in [-0.3, -0.25) is 10.1 Å². The largest absolute Gasteiger partial charge is 0.334 e. The molecule has 0 radical (unpaired) electrons. The quantitative estimate of drug-likeness (QED) is 0.643. The molecule has 14 heavy (non-hydrogen) atoms. The number of nitrogens with zero attached hydrogens (tertiary/aromatic N) is 2. The van der Waals surface area contributed by atoms with E-state index in [0.717, 1.165) is 6.20 Å². The first kappa shape index (κ1) is 9.42. The molecule has 0 aliphatic carbocycles. The van der Waals surface area contributed by atoms with Gasteiger partial charge >= 0.3 is 5.69 Å². The number of nitrogens with one attached hydrogen (secondary N) is 1. The van der Waals surface area contributed by atoms with E-state index in [9.17, 15) is 10.1 Å². The van der Waals surface area contributed by atoms with Gasteiger partial charge in [-0.1, -0.05) is 11.6 Å². The molecule has 0 fully saturated rings. The number of pyridine rings is 1. The van der Waals surface area contributed by atoms with Gasteiger partial charge in [-0.15, -0.1) is 0 Å². The van der Waals surface area contributed by atoms with Gasteiger partial charge in [0, 0.05) is 5.39 Å². The minimum absolute atomic E-state index is 0.0990. The number of aromatic amines is 1. The van der Waals surface area contributed by atoms with Crippen molar-refractivity contribution in [3.63, 3.8) is 0 Å². The first-order chi connectivity index (χ1) is 6.59. The van der Waals surface area contributed by atoms with Crippen LogP contribution < -0.4 is 0 Å². The van der Waals surface area contributed by atoms with E-state index in [0.29, 0.717) is 15.6 Å². The number of halogens is 2. The summed E-state index contributed by atoms with van der Waals surface area (Å²) in [7, 11) is 0. The standard InChI is InChI=1S/C7H3BrClN3O2/c8-5-1-3-6(9)4(12(13)14)2-10-7(3)11-5/h1-2H,(H,10,11). The molecule has 0 aliphatic rings. The Morgan fingerprint density at radius 3 is 3.00 bits per heavy atom. The molecular formula is C7H3BrClN3O2. The Labute approximate surface area is 91.4 Å². The third kappa shape index (κ3) is 1.36. The second-order valence-electron chi connectivity index (χ2n) is 2.59. The molecule has 0 saturated heterocycles. The van der Waals surface area contributed by atoms with E-state index in [2.05, 4.69) is 25.9 Å². The lowest BCUT2D eigenvalue weighted by molar-refractivity contribution is -0.384. The molecule has 2 rings (SSSR count). The summed E-state index contributed by atoms with van der Waals surface area (Å²) in [6.45, 7) is 0. The number of nitro groups is 1. The Bertz CT molecular complexity index is 525. The first-order valence-electron chi connectivity index (χ1n) is 3.56. The van der Waals surface area contributed by atoms with E-state index in [4.69, 9.17) is 11.6 Å². The highest BCUT2D eigenvalue weighted by Crippen LogP contribution is 2.32. The summed E-state index contributed by atoms with van der Waals surface area (Å²) in [5.41, 5.74) is 0.332. The van der Waals surface area contributed by atoms with E-state index in [1.54, 1.807) is 6.07 Å². The number of H-pyrrole nitrogens is 1. The average Bonchev–Trinajstić information content (AvgIpc) is 2.46. The second kappa shape index (κ2) is 3.21. The smallest absolute Gasteiger partial charge is 0.306 e. The van der Waals surface area contributed by atoms with Crippen LogP contribution in [0.1, 0.15) is 0 Å². The van der Waals surface area contributed by atoms with Crippen molar-refractivity contribution < 1.29 is 4.92 Å². The maximum absolute atomic E-state index is 10.5. The number of fused-ring (bicyclic) bond motifs is 1. The third-order valence-electron chi connectivity index (χ3n) is 1.74. The minimum Gasteiger partial charge on any atom is -0.334 e. The molecule has 0 aromatic carbocycles. The number of aromatic nitrogens is 2. The van der Waals surface area contributed by atoms with Crippen molar-refractivity contribution in [2.24, 2.45) is 0 Å². The predicted molar refractivity (Wildman–Crippen MR) is 55.5 cm³/mol. The van der Waals surface area contributed by atoms with Crippen molar-refractivity contribution >= 4 is 44.3 Å². The summed E-state index contributed by atoms with van der Waals surface area (Å²) in [6.07, 6.45) is 1.13. The molecule has 0 spiro atoms. The molecule has 1 N–H and O–H groups in total. The van der Waals surface area contributed by atoms with E-state index in [1.165, 1.54) is 0 Å². The summed E-state index contributed by atoms with van der Waals surface area (Å²) in [5.74, 6) is 0. The molecule has 2 aromatic rings. The molecule has 7 heteroatoms. The molecule has 0 bridgehead atoms. The van der Waals surface area contributed by atoms with Gasteiger partial charge in [-0.25, -0.2) is 4.98 Å². The number of hydrogen-bond donors (Lipinski definition) is 1. The number of rotatable bonds is 1. The lowest BCUT2D eigenvalue weighted by atomic mass is 10.3. The summed E-state index contributed by atoms with van der Waals surface area (Å²) in [4.78, 5) is 16.7. The summed E-state index contributed by atoms with van der Waals surface area (Å²) >= 11 is 9.02. The molecule has 0 amide bonds. The van der Waals surface area contributed by atoms with Crippen molar-refractivity contribution in [2.45, 2.75) is 0 Å². The average molecular weight is 276 g/mol. The highest BCUT2D eigenvalue weighted by molar-refractivity contribution is 9.10. The second-order valence-corrected chi connectivity index (χ2v) is 3.83. The van der Waals surface area contributed by atoms with Crippen LogP contribution in [-0.2, 0) is 0 Å². The van der Waals surface area contributed by atoms with Crippen molar-refractivity contribution in [3.05, 3.63) is 32.0 Å². The van der Waals surface area contributed by atoms with Gasteiger partial charge < -0.3 is 4.98 Å². The zero-order chi connectivity index (χ0) is 10.3. The maximum Gasteiger partial charge on any atom is 0.306 e. The monoisotopic (exact) mass is 275 g/mol. The highest BCUT2D eigenvalue weighted by atomic mass is 79.9. The van der Waals surface area contributed by atoms with Crippen LogP contribution >= 0.6 is 27.5 Å². The van der Waals surface area contributed by atoms with Crippen LogP contribution in [0.2, 0.25) is 5.02 Å². The zero-order valence-corrected chi connectivity index (χ0v) is 8.96. The van der Waals surface area contributed by atoms with Crippen LogP contribution in [-0.4, -0.2) is 14.9 Å². The fraction of sp³-hybridized carbons (Fsp3) is 0. The number of hydrogen-bond acceptors (Lipinski definition) is 3. The highest BCUT2D eigenvalue weighted by Gasteiger charge is 2.17. The van der Waals surface area contributed by atoms with Gasteiger partial charge in [0.15, 0.2) is 0 Å². The van der Waals surface area contributed by atoms with Gasteiger partial charge in [0.25, 0.3) is 0 Å². The van der Waals surface area contributed by atoms with Crippen molar-refractivity contribution in [3.8, 4) is 0 Å². The topological polar surface area (TPSA) is 71.8 Å². The van der Waals surface area contributed by atoms with Crippen LogP contribution in [0.15, 0.2) is 16.9 Å². The molecule has 0 unspecified atom stereocenters. The maximum atomic E-state index is 10.5.